The van der Waals surface area contributed by atoms with Crippen LogP contribution in [0.15, 0.2) is 0 Å². The Morgan fingerprint density at radius 2 is 2.05 bits per heavy atom. The Kier molecular flexibility index (Phi) is 3.88. The monoisotopic (exact) mass is 266 g/mol. The van der Waals surface area contributed by atoms with Gasteiger partial charge in [0, 0.05) is 19.0 Å². The Balaban J connectivity index is 2.24. The Hall–Kier alpha value is -1.06. The first kappa shape index (κ1) is 14.4. The van der Waals surface area contributed by atoms with Crippen molar-refractivity contribution < 1.29 is 9.59 Å². The number of rotatable bonds is 4. The molecule has 1 heterocycles. The van der Waals surface area contributed by atoms with Crippen molar-refractivity contribution in [2.45, 2.75) is 65.0 Å². The first-order valence-corrected chi connectivity index (χ1v) is 7.50. The fraction of sp³-hybridized carbons (Fsp3) is 0.867. The molecule has 0 aromatic carbocycles. The van der Waals surface area contributed by atoms with E-state index in [1.807, 2.05) is 18.7 Å². The molecule has 0 bridgehead atoms. The van der Waals surface area contributed by atoms with E-state index in [4.69, 9.17) is 0 Å². The van der Waals surface area contributed by atoms with Gasteiger partial charge in [-0.2, -0.15) is 0 Å². The van der Waals surface area contributed by atoms with Crippen molar-refractivity contribution in [1.82, 2.24) is 10.2 Å². The maximum atomic E-state index is 12.9. The first-order chi connectivity index (χ1) is 8.88. The molecule has 1 saturated heterocycles. The van der Waals surface area contributed by atoms with E-state index >= 15 is 0 Å². The summed E-state index contributed by atoms with van der Waals surface area (Å²) in [7, 11) is 0. The molecule has 2 rings (SSSR count). The normalized spacial score (nSPS) is 33.9. The predicted octanol–water partition coefficient (Wildman–Crippen LogP) is 1.94. The smallest absolute Gasteiger partial charge is 0.248 e. The predicted molar refractivity (Wildman–Crippen MR) is 74.5 cm³/mol. The number of carbonyl (C=O) groups excluding carboxylic acids is 2. The van der Waals surface area contributed by atoms with Crippen molar-refractivity contribution in [3.8, 4) is 0 Å². The molecule has 1 aliphatic carbocycles. The Morgan fingerprint density at radius 3 is 2.58 bits per heavy atom. The van der Waals surface area contributed by atoms with Crippen LogP contribution in [0, 0.1) is 11.8 Å². The number of nitrogens with zero attached hydrogens (tertiary/aromatic N) is 1. The maximum absolute atomic E-state index is 12.9. The molecule has 1 saturated carbocycles. The lowest BCUT2D eigenvalue weighted by Gasteiger charge is -2.35. The van der Waals surface area contributed by atoms with Gasteiger partial charge in [-0.1, -0.05) is 20.3 Å². The highest BCUT2D eigenvalue weighted by Gasteiger charge is 2.52. The van der Waals surface area contributed by atoms with Crippen LogP contribution >= 0.6 is 0 Å². The summed E-state index contributed by atoms with van der Waals surface area (Å²) >= 11 is 0. The average molecular weight is 266 g/mol. The molecule has 3 atom stereocenters. The lowest BCUT2D eigenvalue weighted by Crippen LogP contribution is -2.57. The summed E-state index contributed by atoms with van der Waals surface area (Å²) in [5.74, 6) is 0.937. The molecule has 2 aliphatic rings. The van der Waals surface area contributed by atoms with Crippen molar-refractivity contribution in [2.24, 2.45) is 11.8 Å². The van der Waals surface area contributed by atoms with E-state index in [1.165, 1.54) is 0 Å². The molecule has 2 amide bonds. The summed E-state index contributed by atoms with van der Waals surface area (Å²) < 4.78 is 0. The summed E-state index contributed by atoms with van der Waals surface area (Å²) in [4.78, 5) is 26.8. The third-order valence-corrected chi connectivity index (χ3v) is 4.72. The van der Waals surface area contributed by atoms with E-state index in [0.717, 1.165) is 25.8 Å². The first-order valence-electron chi connectivity index (χ1n) is 7.50. The van der Waals surface area contributed by atoms with Crippen molar-refractivity contribution >= 4 is 11.8 Å². The van der Waals surface area contributed by atoms with Gasteiger partial charge in [0.2, 0.25) is 11.8 Å². The van der Waals surface area contributed by atoms with E-state index in [9.17, 15) is 9.59 Å². The summed E-state index contributed by atoms with van der Waals surface area (Å²) in [5.41, 5.74) is -0.671. The van der Waals surface area contributed by atoms with Crippen LogP contribution in [0.2, 0.25) is 0 Å². The average Bonchev–Trinajstić information content (AvgIpc) is 3.17. The van der Waals surface area contributed by atoms with E-state index in [1.54, 1.807) is 0 Å². The van der Waals surface area contributed by atoms with Gasteiger partial charge in [0.25, 0.3) is 0 Å². The van der Waals surface area contributed by atoms with Crippen molar-refractivity contribution in [2.75, 3.05) is 6.54 Å². The standard InChI is InChI=1S/C15H26N2O2/c1-5-10(2)9-17-11(3)8-13(18)16-15(4,14(17)19)12-6-7-12/h10-12H,5-9H2,1-4H3,(H,16,18). The minimum absolute atomic E-state index is 0.00192. The lowest BCUT2D eigenvalue weighted by molar-refractivity contribution is -0.141. The second kappa shape index (κ2) is 5.14. The summed E-state index contributed by atoms with van der Waals surface area (Å²) in [6.07, 6.45) is 3.57. The van der Waals surface area contributed by atoms with E-state index < -0.39 is 5.54 Å². The van der Waals surface area contributed by atoms with Gasteiger partial charge in [0.1, 0.15) is 5.54 Å². The summed E-state index contributed by atoms with van der Waals surface area (Å²) in [5, 5.41) is 2.99. The molecule has 0 spiro atoms. The van der Waals surface area contributed by atoms with Crippen LogP contribution in [0.5, 0.6) is 0 Å². The molecule has 1 N–H and O–H groups in total. The zero-order valence-corrected chi connectivity index (χ0v) is 12.5. The van der Waals surface area contributed by atoms with Gasteiger partial charge in [0.05, 0.1) is 0 Å². The Morgan fingerprint density at radius 1 is 1.42 bits per heavy atom. The van der Waals surface area contributed by atoms with Crippen molar-refractivity contribution in [1.29, 1.82) is 0 Å². The number of amides is 2. The summed E-state index contributed by atoms with van der Waals surface area (Å²) in [6.45, 7) is 8.95. The second-order valence-corrected chi connectivity index (χ2v) is 6.55. The van der Waals surface area contributed by atoms with Crippen LogP contribution in [0.4, 0.5) is 0 Å². The Bertz CT molecular complexity index is 378. The fourth-order valence-electron chi connectivity index (χ4n) is 2.94. The molecule has 108 valence electrons. The molecule has 1 aliphatic heterocycles. The largest absolute Gasteiger partial charge is 0.342 e. The van der Waals surface area contributed by atoms with Gasteiger partial charge in [-0.15, -0.1) is 0 Å². The van der Waals surface area contributed by atoms with E-state index in [2.05, 4.69) is 19.2 Å². The number of hydrogen-bond acceptors (Lipinski definition) is 2. The zero-order valence-electron chi connectivity index (χ0n) is 12.5. The second-order valence-electron chi connectivity index (χ2n) is 6.55. The minimum atomic E-state index is -0.671. The number of nitrogens with one attached hydrogen (secondary N) is 1. The van der Waals surface area contributed by atoms with Crippen LogP contribution in [-0.2, 0) is 9.59 Å². The molecule has 3 unspecified atom stereocenters. The number of hydrogen-bond donors (Lipinski definition) is 1. The van der Waals surface area contributed by atoms with Crippen molar-refractivity contribution in [3.05, 3.63) is 0 Å². The van der Waals surface area contributed by atoms with E-state index in [-0.39, 0.29) is 17.9 Å². The molecular formula is C15H26N2O2. The molecule has 0 radical (unpaired) electrons. The Labute approximate surface area is 115 Å². The van der Waals surface area contributed by atoms with Gasteiger partial charge in [-0.3, -0.25) is 9.59 Å². The molecule has 19 heavy (non-hydrogen) atoms. The zero-order chi connectivity index (χ0) is 14.2. The SMILES string of the molecule is CCC(C)CN1C(=O)C(C)(C2CC2)NC(=O)CC1C. The third-order valence-electron chi connectivity index (χ3n) is 4.72. The van der Waals surface area contributed by atoms with Crippen LogP contribution in [0.25, 0.3) is 0 Å². The molecule has 4 nitrogen and oxygen atoms in total. The van der Waals surface area contributed by atoms with Gasteiger partial charge in [-0.05, 0) is 38.5 Å². The fourth-order valence-corrected chi connectivity index (χ4v) is 2.94. The molecule has 0 aromatic rings. The van der Waals surface area contributed by atoms with E-state index in [0.29, 0.717) is 18.3 Å². The third kappa shape index (κ3) is 2.77. The minimum Gasteiger partial charge on any atom is -0.342 e. The highest BCUT2D eigenvalue weighted by atomic mass is 16.2. The van der Waals surface area contributed by atoms with Gasteiger partial charge in [0.15, 0.2) is 0 Å². The molecule has 2 fully saturated rings. The highest BCUT2D eigenvalue weighted by molar-refractivity contribution is 5.94. The highest BCUT2D eigenvalue weighted by Crippen LogP contribution is 2.42. The van der Waals surface area contributed by atoms with Crippen LogP contribution in [-0.4, -0.2) is 34.8 Å². The van der Waals surface area contributed by atoms with Gasteiger partial charge < -0.3 is 10.2 Å². The maximum Gasteiger partial charge on any atom is 0.248 e. The molecule has 0 aromatic heterocycles. The molecule has 4 heteroatoms. The molecular weight excluding hydrogens is 240 g/mol. The topological polar surface area (TPSA) is 49.4 Å². The summed E-state index contributed by atoms with van der Waals surface area (Å²) in [6, 6.07) is 0.00192. The lowest BCUT2D eigenvalue weighted by atomic mass is 9.93. The van der Waals surface area contributed by atoms with Crippen LogP contribution < -0.4 is 5.32 Å². The van der Waals surface area contributed by atoms with Gasteiger partial charge >= 0.3 is 0 Å². The number of carbonyl (C=O) groups is 2. The van der Waals surface area contributed by atoms with Crippen LogP contribution in [0.3, 0.4) is 0 Å². The van der Waals surface area contributed by atoms with Crippen LogP contribution in [0.1, 0.15) is 53.4 Å². The quantitative estimate of drug-likeness (QED) is 0.845. The van der Waals surface area contributed by atoms with Crippen molar-refractivity contribution in [3.63, 3.8) is 0 Å². The van der Waals surface area contributed by atoms with Gasteiger partial charge in [-0.25, -0.2) is 0 Å².